The largest absolute Gasteiger partial charge is 0.424 e. The molecular weight excluding hydrogens is 352 g/mol. The second-order valence-electron chi connectivity index (χ2n) is 6.32. The fourth-order valence-electron chi connectivity index (χ4n) is 2.57. The summed E-state index contributed by atoms with van der Waals surface area (Å²) in [5, 5.41) is 0. The molecule has 0 spiro atoms. The van der Waals surface area contributed by atoms with Gasteiger partial charge in [-0.05, 0) is 25.3 Å². The molecule has 1 rings (SSSR count). The maximum absolute atomic E-state index is 9.60. The van der Waals surface area contributed by atoms with Crippen LogP contribution in [0, 0.1) is 0 Å². The first kappa shape index (κ1) is 25.1. The summed E-state index contributed by atoms with van der Waals surface area (Å²) in [6.07, 6.45) is 15.5. The van der Waals surface area contributed by atoms with E-state index in [2.05, 4.69) is 46.5 Å². The van der Waals surface area contributed by atoms with Crippen molar-refractivity contribution in [2.45, 2.75) is 84.5 Å². The van der Waals surface area contributed by atoms with Gasteiger partial charge < -0.3 is 0 Å². The lowest BCUT2D eigenvalue weighted by Crippen LogP contribution is -2.03. The third kappa shape index (κ3) is 19.4. The van der Waals surface area contributed by atoms with Crippen LogP contribution in [0.15, 0.2) is 30.3 Å². The first-order valence-electron chi connectivity index (χ1n) is 9.82. The van der Waals surface area contributed by atoms with Crippen molar-refractivity contribution in [1.29, 1.82) is 0 Å². The van der Waals surface area contributed by atoms with E-state index in [0.29, 0.717) is 0 Å². The molecular formula is C20H36O5S. The lowest BCUT2D eigenvalue weighted by molar-refractivity contribution is -0.203. The Morgan fingerprint density at radius 1 is 0.808 bits per heavy atom. The van der Waals surface area contributed by atoms with Gasteiger partial charge in [-0.15, -0.1) is 0 Å². The van der Waals surface area contributed by atoms with E-state index < -0.39 is 10.4 Å². The summed E-state index contributed by atoms with van der Waals surface area (Å²) in [4.78, 5) is 3.86. The van der Waals surface area contributed by atoms with Crippen molar-refractivity contribution in [3.8, 4) is 0 Å². The average Bonchev–Trinajstić information content (AvgIpc) is 2.62. The van der Waals surface area contributed by atoms with Crippen molar-refractivity contribution in [2.75, 3.05) is 6.61 Å². The van der Waals surface area contributed by atoms with Gasteiger partial charge in [0.2, 0.25) is 0 Å². The van der Waals surface area contributed by atoms with Gasteiger partial charge in [0.1, 0.15) is 0 Å². The zero-order valence-electron chi connectivity index (χ0n) is 16.4. The summed E-state index contributed by atoms with van der Waals surface area (Å²) in [7, 11) is -4.41. The maximum Gasteiger partial charge on any atom is 0.424 e. The normalized spacial score (nSPS) is 11.0. The zero-order valence-corrected chi connectivity index (χ0v) is 17.2. The second-order valence-corrected chi connectivity index (χ2v) is 7.31. The molecule has 0 bridgehead atoms. The standard InChI is InChI=1S/C18H30.C2H6O5S/c1-2-3-4-5-6-7-8-9-10-12-15-18-16-13-11-14-17-18;1-2-6-7-8(3,4)5/h11,13-14,16-17H,2-10,12,15H2,1H3;2H2,1H3,(H,3,4,5). The van der Waals surface area contributed by atoms with Crippen molar-refractivity contribution < 1.29 is 22.2 Å². The molecule has 0 fully saturated rings. The van der Waals surface area contributed by atoms with Crippen LogP contribution in [-0.4, -0.2) is 19.6 Å². The summed E-state index contributed by atoms with van der Waals surface area (Å²) >= 11 is 0. The molecule has 0 amide bonds. The Morgan fingerprint density at radius 2 is 1.31 bits per heavy atom. The Balaban J connectivity index is 0.000000660. The first-order valence-corrected chi connectivity index (χ1v) is 11.2. The van der Waals surface area contributed by atoms with E-state index in [4.69, 9.17) is 4.55 Å². The number of hydrogen-bond acceptors (Lipinski definition) is 4. The molecule has 0 saturated heterocycles. The molecule has 0 saturated carbocycles. The van der Waals surface area contributed by atoms with Gasteiger partial charge >= 0.3 is 10.4 Å². The highest BCUT2D eigenvalue weighted by molar-refractivity contribution is 7.80. The van der Waals surface area contributed by atoms with Gasteiger partial charge in [0, 0.05) is 0 Å². The van der Waals surface area contributed by atoms with Gasteiger partial charge in [-0.1, -0.05) is 99.4 Å². The van der Waals surface area contributed by atoms with E-state index >= 15 is 0 Å². The predicted molar refractivity (Wildman–Crippen MR) is 106 cm³/mol. The summed E-state index contributed by atoms with van der Waals surface area (Å²) in [6, 6.07) is 10.9. The topological polar surface area (TPSA) is 72.8 Å². The van der Waals surface area contributed by atoms with Gasteiger partial charge in [-0.3, -0.25) is 4.55 Å². The van der Waals surface area contributed by atoms with E-state index in [1.165, 1.54) is 83.1 Å². The van der Waals surface area contributed by atoms with E-state index in [1.54, 1.807) is 0 Å². The van der Waals surface area contributed by atoms with Crippen LogP contribution in [0.4, 0.5) is 0 Å². The van der Waals surface area contributed by atoms with E-state index in [-0.39, 0.29) is 6.61 Å². The lowest BCUT2D eigenvalue weighted by Gasteiger charge is -2.03. The Morgan fingerprint density at radius 3 is 1.73 bits per heavy atom. The van der Waals surface area contributed by atoms with E-state index in [9.17, 15) is 8.42 Å². The molecule has 1 aromatic carbocycles. The van der Waals surface area contributed by atoms with Gasteiger partial charge in [0.15, 0.2) is 0 Å². The molecule has 0 unspecified atom stereocenters. The summed E-state index contributed by atoms with van der Waals surface area (Å²) in [5.74, 6) is 0. The number of benzene rings is 1. The Hall–Kier alpha value is -0.950. The molecule has 5 nitrogen and oxygen atoms in total. The molecule has 26 heavy (non-hydrogen) atoms. The minimum absolute atomic E-state index is 0.0692. The first-order chi connectivity index (χ1) is 12.5. The smallest absolute Gasteiger partial charge is 0.262 e. The van der Waals surface area contributed by atoms with Crippen molar-refractivity contribution in [3.63, 3.8) is 0 Å². The van der Waals surface area contributed by atoms with Crippen molar-refractivity contribution in [2.24, 2.45) is 0 Å². The van der Waals surface area contributed by atoms with Crippen LogP contribution < -0.4 is 0 Å². The third-order valence-electron chi connectivity index (χ3n) is 3.91. The third-order valence-corrected chi connectivity index (χ3v) is 4.18. The van der Waals surface area contributed by atoms with Crippen molar-refractivity contribution in [3.05, 3.63) is 35.9 Å². The van der Waals surface area contributed by atoms with Crippen LogP contribution in [0.25, 0.3) is 0 Å². The quantitative estimate of drug-likeness (QED) is 0.186. The van der Waals surface area contributed by atoms with Crippen LogP contribution in [-0.2, 0) is 26.0 Å². The van der Waals surface area contributed by atoms with Crippen LogP contribution >= 0.6 is 0 Å². The highest BCUT2D eigenvalue weighted by atomic mass is 32.3. The average molecular weight is 389 g/mol. The molecule has 0 aromatic heterocycles. The van der Waals surface area contributed by atoms with E-state index in [0.717, 1.165) is 0 Å². The summed E-state index contributed by atoms with van der Waals surface area (Å²) < 4.78 is 30.4. The van der Waals surface area contributed by atoms with Crippen molar-refractivity contribution >= 4 is 10.4 Å². The highest BCUT2D eigenvalue weighted by Gasteiger charge is 2.02. The zero-order chi connectivity index (χ0) is 19.5. The number of unbranched alkanes of at least 4 members (excludes halogenated alkanes) is 9. The Bertz CT molecular complexity index is 502. The van der Waals surface area contributed by atoms with Gasteiger partial charge in [-0.25, -0.2) is 4.89 Å². The van der Waals surface area contributed by atoms with Crippen LogP contribution in [0.5, 0.6) is 0 Å². The van der Waals surface area contributed by atoms with Gasteiger partial charge in [-0.2, -0.15) is 8.42 Å². The molecule has 0 atom stereocenters. The minimum atomic E-state index is -4.41. The fourth-order valence-corrected chi connectivity index (χ4v) is 2.79. The second kappa shape index (κ2) is 17.5. The molecule has 1 N–H and O–H groups in total. The maximum atomic E-state index is 9.60. The molecule has 0 aliphatic rings. The van der Waals surface area contributed by atoms with Crippen LogP contribution in [0.3, 0.4) is 0 Å². The van der Waals surface area contributed by atoms with Crippen LogP contribution in [0.1, 0.15) is 83.6 Å². The highest BCUT2D eigenvalue weighted by Crippen LogP contribution is 2.12. The lowest BCUT2D eigenvalue weighted by atomic mass is 10.0. The fraction of sp³-hybridized carbons (Fsp3) is 0.700. The molecule has 0 aliphatic heterocycles. The Labute approximate surface area is 160 Å². The van der Waals surface area contributed by atoms with Gasteiger partial charge in [0.05, 0.1) is 6.61 Å². The van der Waals surface area contributed by atoms with Crippen LogP contribution in [0.2, 0.25) is 0 Å². The number of rotatable bonds is 14. The SMILES string of the molecule is CCCCCCCCCCCCc1ccccc1.CCOOS(=O)(=O)O. The van der Waals surface area contributed by atoms with Gasteiger partial charge in [0.25, 0.3) is 0 Å². The molecule has 0 heterocycles. The molecule has 0 radical (unpaired) electrons. The predicted octanol–water partition coefficient (Wildman–Crippen LogP) is 5.91. The minimum Gasteiger partial charge on any atom is -0.262 e. The molecule has 1 aromatic rings. The Kier molecular flexibility index (Phi) is 16.8. The number of hydrogen-bond donors (Lipinski definition) is 1. The number of aryl methyl sites for hydroxylation is 1. The van der Waals surface area contributed by atoms with E-state index in [1.807, 2.05) is 0 Å². The monoisotopic (exact) mass is 388 g/mol. The van der Waals surface area contributed by atoms with Crippen molar-refractivity contribution in [1.82, 2.24) is 0 Å². The molecule has 6 heteroatoms. The summed E-state index contributed by atoms with van der Waals surface area (Å²) in [6.45, 7) is 3.87. The molecule has 152 valence electrons. The molecule has 0 aliphatic carbocycles. The summed E-state index contributed by atoms with van der Waals surface area (Å²) in [5.41, 5.74) is 1.50.